The number of ether oxygens (including phenoxy) is 1. The van der Waals surface area contributed by atoms with Crippen molar-refractivity contribution in [3.05, 3.63) is 28.3 Å². The van der Waals surface area contributed by atoms with Gasteiger partial charge in [0.1, 0.15) is 4.90 Å². The molecule has 2 rings (SSSR count). The second kappa shape index (κ2) is 5.58. The van der Waals surface area contributed by atoms with Crippen LogP contribution < -0.4 is 5.73 Å². The van der Waals surface area contributed by atoms with Crippen molar-refractivity contribution in [2.75, 3.05) is 18.9 Å². The molecule has 0 bridgehead atoms. The molecule has 1 aliphatic heterocycles. The van der Waals surface area contributed by atoms with E-state index in [0.29, 0.717) is 6.61 Å². The number of sulfonamides is 1. The number of nitrogens with two attached hydrogens (primary N) is 1. The summed E-state index contributed by atoms with van der Waals surface area (Å²) in [6.07, 6.45) is -0.213. The highest BCUT2D eigenvalue weighted by atomic mass is 32.2. The van der Waals surface area contributed by atoms with E-state index in [1.165, 1.54) is 10.4 Å². The van der Waals surface area contributed by atoms with Gasteiger partial charge in [-0.3, -0.25) is 10.1 Å². The zero-order chi connectivity index (χ0) is 15.8. The van der Waals surface area contributed by atoms with Gasteiger partial charge in [-0.1, -0.05) is 0 Å². The predicted molar refractivity (Wildman–Crippen MR) is 76.3 cm³/mol. The van der Waals surface area contributed by atoms with Crippen molar-refractivity contribution >= 4 is 21.4 Å². The van der Waals surface area contributed by atoms with Crippen LogP contribution in [-0.2, 0) is 14.8 Å². The van der Waals surface area contributed by atoms with Crippen LogP contribution in [0.15, 0.2) is 23.1 Å². The summed E-state index contributed by atoms with van der Waals surface area (Å²) >= 11 is 0. The molecular weight excluding hydrogens is 298 g/mol. The number of hydrogen-bond acceptors (Lipinski definition) is 6. The summed E-state index contributed by atoms with van der Waals surface area (Å²) in [7, 11) is -3.81. The molecule has 0 aromatic heterocycles. The second-order valence-electron chi connectivity index (χ2n) is 5.05. The van der Waals surface area contributed by atoms with Crippen LogP contribution in [0, 0.1) is 10.1 Å². The van der Waals surface area contributed by atoms with E-state index >= 15 is 0 Å². The highest BCUT2D eigenvalue weighted by molar-refractivity contribution is 7.89. The van der Waals surface area contributed by atoms with Gasteiger partial charge in [0.25, 0.3) is 5.69 Å². The van der Waals surface area contributed by atoms with Gasteiger partial charge in [0.05, 0.1) is 23.3 Å². The topological polar surface area (TPSA) is 116 Å². The smallest absolute Gasteiger partial charge is 0.271 e. The fourth-order valence-corrected chi connectivity index (χ4v) is 4.01. The van der Waals surface area contributed by atoms with E-state index < -0.39 is 14.9 Å². The van der Waals surface area contributed by atoms with Crippen LogP contribution in [0.2, 0.25) is 0 Å². The number of nitrogens with zero attached hydrogens (tertiary/aromatic N) is 2. The van der Waals surface area contributed by atoms with Crippen LogP contribution in [0.25, 0.3) is 0 Å². The molecule has 1 aromatic rings. The lowest BCUT2D eigenvalue weighted by Gasteiger charge is -2.35. The zero-order valence-corrected chi connectivity index (χ0v) is 12.5. The van der Waals surface area contributed by atoms with E-state index in [1.54, 1.807) is 13.8 Å². The molecule has 1 fully saturated rings. The molecule has 2 N–H and O–H groups in total. The van der Waals surface area contributed by atoms with Gasteiger partial charge in [-0.25, -0.2) is 8.42 Å². The Labute approximate surface area is 122 Å². The van der Waals surface area contributed by atoms with Crippen LogP contribution in [0.1, 0.15) is 13.8 Å². The summed E-state index contributed by atoms with van der Waals surface area (Å²) in [4.78, 5) is 9.95. The normalized spacial score (nSPS) is 23.9. The van der Waals surface area contributed by atoms with Gasteiger partial charge in [0, 0.05) is 24.7 Å². The van der Waals surface area contributed by atoms with E-state index in [1.807, 2.05) is 0 Å². The first-order valence-electron chi connectivity index (χ1n) is 6.41. The lowest BCUT2D eigenvalue weighted by atomic mass is 10.2. The predicted octanol–water partition coefficient (Wildman–Crippen LogP) is 0.975. The maximum Gasteiger partial charge on any atom is 0.271 e. The van der Waals surface area contributed by atoms with Crippen molar-refractivity contribution in [1.82, 2.24) is 4.31 Å². The monoisotopic (exact) mass is 315 g/mol. The summed E-state index contributed by atoms with van der Waals surface area (Å²) in [6, 6.07) is 3.05. The molecule has 2 atom stereocenters. The molecular formula is C12H17N3O5S. The quantitative estimate of drug-likeness (QED) is 0.505. The molecule has 1 saturated heterocycles. The van der Waals surface area contributed by atoms with Crippen molar-refractivity contribution in [1.29, 1.82) is 0 Å². The molecule has 0 amide bonds. The van der Waals surface area contributed by atoms with Crippen LogP contribution in [-0.4, -0.2) is 42.9 Å². The molecule has 9 heteroatoms. The Balaban J connectivity index is 2.41. The number of rotatable bonds is 3. The van der Waals surface area contributed by atoms with Gasteiger partial charge < -0.3 is 10.5 Å². The first-order chi connectivity index (χ1) is 9.73. The molecule has 0 saturated carbocycles. The number of nitrogen functional groups attached to an aromatic ring is 1. The number of benzene rings is 1. The fourth-order valence-electron chi connectivity index (χ4n) is 2.22. The van der Waals surface area contributed by atoms with Crippen molar-refractivity contribution in [2.24, 2.45) is 0 Å². The highest BCUT2D eigenvalue weighted by Crippen LogP contribution is 2.29. The van der Waals surface area contributed by atoms with Gasteiger partial charge in [-0.15, -0.1) is 0 Å². The number of anilines is 1. The van der Waals surface area contributed by atoms with Gasteiger partial charge in [-0.05, 0) is 19.9 Å². The number of nitro groups is 1. The van der Waals surface area contributed by atoms with Gasteiger partial charge >= 0.3 is 0 Å². The summed E-state index contributed by atoms with van der Waals surface area (Å²) < 4.78 is 32.1. The lowest BCUT2D eigenvalue weighted by Crippen LogP contribution is -2.50. The second-order valence-corrected chi connectivity index (χ2v) is 6.91. The van der Waals surface area contributed by atoms with E-state index in [2.05, 4.69) is 0 Å². The average molecular weight is 315 g/mol. The minimum Gasteiger partial charge on any atom is -0.397 e. The maximum atomic E-state index is 12.7. The lowest BCUT2D eigenvalue weighted by molar-refractivity contribution is -0.384. The summed E-state index contributed by atoms with van der Waals surface area (Å²) in [5, 5.41) is 10.7. The molecule has 1 heterocycles. The number of nitro benzene ring substituents is 1. The Kier molecular flexibility index (Phi) is 4.17. The minimum absolute atomic E-state index is 0.117. The molecule has 0 radical (unpaired) electrons. The Morgan fingerprint density at radius 1 is 1.43 bits per heavy atom. The van der Waals surface area contributed by atoms with Crippen molar-refractivity contribution in [2.45, 2.75) is 30.9 Å². The van der Waals surface area contributed by atoms with Crippen LogP contribution in [0.5, 0.6) is 0 Å². The molecule has 21 heavy (non-hydrogen) atoms. The first-order valence-corrected chi connectivity index (χ1v) is 7.85. The third-order valence-electron chi connectivity index (χ3n) is 3.34. The van der Waals surface area contributed by atoms with E-state index in [9.17, 15) is 18.5 Å². The van der Waals surface area contributed by atoms with Gasteiger partial charge in [0.2, 0.25) is 10.0 Å². The van der Waals surface area contributed by atoms with Gasteiger partial charge in [-0.2, -0.15) is 4.31 Å². The summed E-state index contributed by atoms with van der Waals surface area (Å²) in [6.45, 7) is 4.05. The van der Waals surface area contributed by atoms with E-state index in [0.717, 1.165) is 12.1 Å². The minimum atomic E-state index is -3.81. The third kappa shape index (κ3) is 2.99. The Morgan fingerprint density at radius 2 is 2.10 bits per heavy atom. The summed E-state index contributed by atoms with van der Waals surface area (Å²) in [5.74, 6) is 0. The fraction of sp³-hybridized carbons (Fsp3) is 0.500. The Bertz CT molecular complexity index is 661. The standard InChI is InChI=1S/C12H17N3O5S/c1-8-7-20-9(2)6-14(8)21(18,19)12-4-3-10(15(16)17)5-11(12)13/h3-5,8-9H,6-7,13H2,1-2H3. The largest absolute Gasteiger partial charge is 0.397 e. The molecule has 1 aromatic carbocycles. The Hall–Kier alpha value is -1.71. The van der Waals surface area contributed by atoms with Crippen molar-refractivity contribution < 1.29 is 18.1 Å². The third-order valence-corrected chi connectivity index (χ3v) is 5.40. The Morgan fingerprint density at radius 3 is 2.67 bits per heavy atom. The average Bonchev–Trinajstić information content (AvgIpc) is 2.40. The molecule has 116 valence electrons. The number of non-ortho nitro benzene ring substituents is 1. The SMILES string of the molecule is CC1CN(S(=O)(=O)c2ccc([N+](=O)[O-])cc2N)C(C)CO1. The van der Waals surface area contributed by atoms with Gasteiger partial charge in [0.15, 0.2) is 0 Å². The van der Waals surface area contributed by atoms with E-state index in [-0.39, 0.29) is 35.0 Å². The molecule has 0 spiro atoms. The van der Waals surface area contributed by atoms with Crippen LogP contribution >= 0.6 is 0 Å². The molecule has 2 unspecified atom stereocenters. The molecule has 8 nitrogen and oxygen atoms in total. The van der Waals surface area contributed by atoms with Crippen molar-refractivity contribution in [3.8, 4) is 0 Å². The van der Waals surface area contributed by atoms with Crippen LogP contribution in [0.3, 0.4) is 0 Å². The van der Waals surface area contributed by atoms with E-state index in [4.69, 9.17) is 10.5 Å². The highest BCUT2D eigenvalue weighted by Gasteiger charge is 2.35. The van der Waals surface area contributed by atoms with Crippen LogP contribution in [0.4, 0.5) is 11.4 Å². The number of morpholine rings is 1. The molecule has 0 aliphatic carbocycles. The summed E-state index contributed by atoms with van der Waals surface area (Å²) in [5.41, 5.74) is 5.32. The molecule has 1 aliphatic rings. The zero-order valence-electron chi connectivity index (χ0n) is 11.7. The first kappa shape index (κ1) is 15.7. The number of hydrogen-bond donors (Lipinski definition) is 1. The maximum absolute atomic E-state index is 12.7. The van der Waals surface area contributed by atoms with Crippen molar-refractivity contribution in [3.63, 3.8) is 0 Å².